The molecule has 1 heterocycles. The largest absolute Gasteiger partial charge is 0.393 e. The molecule has 0 spiro atoms. The molecular weight excluding hydrogens is 252 g/mol. The summed E-state index contributed by atoms with van der Waals surface area (Å²) < 4.78 is 15.6. The first-order valence-electron chi connectivity index (χ1n) is 6.64. The summed E-state index contributed by atoms with van der Waals surface area (Å²) >= 11 is 0. The number of hydrogen-bond donors (Lipinski definition) is 0. The maximum Gasteiger partial charge on any atom is 0.322 e. The van der Waals surface area contributed by atoms with E-state index in [4.69, 9.17) is 14.2 Å². The smallest absolute Gasteiger partial charge is 0.322 e. The first kappa shape index (κ1) is 15.3. The van der Waals surface area contributed by atoms with E-state index in [1.807, 2.05) is 13.8 Å². The molecule has 2 unspecified atom stereocenters. The Morgan fingerprint density at radius 1 is 1.22 bits per heavy atom. The Kier molecular flexibility index (Phi) is 6.52. The van der Waals surface area contributed by atoms with Crippen molar-refractivity contribution in [1.29, 1.82) is 0 Å². The van der Waals surface area contributed by atoms with Crippen molar-refractivity contribution in [3.05, 3.63) is 0 Å². The molecule has 0 saturated carbocycles. The number of esters is 2. The summed E-state index contributed by atoms with van der Waals surface area (Å²) in [6, 6.07) is 1.11. The molecule has 5 nitrogen and oxygen atoms in total. The number of carbonyl (C=O) groups excluding carboxylic acids is 2. The SMILES string of the molecule is CCOC(OCC)C1C(=O)OC(=O)C1CCC[SiH3]. The third kappa shape index (κ3) is 3.63. The van der Waals surface area contributed by atoms with E-state index in [-0.39, 0.29) is 0 Å². The zero-order chi connectivity index (χ0) is 13.5. The number of cyclic esters (lactones) is 2. The molecule has 0 aliphatic carbocycles. The van der Waals surface area contributed by atoms with E-state index in [0.29, 0.717) is 19.6 Å². The van der Waals surface area contributed by atoms with Gasteiger partial charge in [-0.3, -0.25) is 9.59 Å². The van der Waals surface area contributed by atoms with E-state index in [2.05, 4.69) is 0 Å². The average Bonchev–Trinajstić information content (AvgIpc) is 2.61. The van der Waals surface area contributed by atoms with Crippen LogP contribution in [0.2, 0.25) is 6.04 Å². The summed E-state index contributed by atoms with van der Waals surface area (Å²) in [4.78, 5) is 23.4. The van der Waals surface area contributed by atoms with Crippen LogP contribution in [0, 0.1) is 11.8 Å². The van der Waals surface area contributed by atoms with Gasteiger partial charge in [-0.05, 0) is 20.3 Å². The molecular formula is C12H22O5Si. The van der Waals surface area contributed by atoms with E-state index in [9.17, 15) is 9.59 Å². The molecule has 0 aromatic rings. The molecule has 1 saturated heterocycles. The van der Waals surface area contributed by atoms with Crippen molar-refractivity contribution >= 4 is 22.2 Å². The molecule has 2 atom stereocenters. The topological polar surface area (TPSA) is 61.8 Å². The van der Waals surface area contributed by atoms with Crippen LogP contribution >= 0.6 is 0 Å². The van der Waals surface area contributed by atoms with Gasteiger partial charge in [-0.25, -0.2) is 0 Å². The van der Waals surface area contributed by atoms with Gasteiger partial charge in [-0.15, -0.1) is 0 Å². The predicted molar refractivity (Wildman–Crippen MR) is 69.1 cm³/mol. The monoisotopic (exact) mass is 274 g/mol. The minimum absolute atomic E-state index is 0.408. The zero-order valence-corrected chi connectivity index (χ0v) is 13.3. The Labute approximate surface area is 111 Å². The van der Waals surface area contributed by atoms with Gasteiger partial charge in [0.2, 0.25) is 0 Å². The summed E-state index contributed by atoms with van der Waals surface area (Å²) in [6.45, 7) is 4.55. The van der Waals surface area contributed by atoms with Crippen molar-refractivity contribution in [2.45, 2.75) is 39.0 Å². The van der Waals surface area contributed by atoms with Gasteiger partial charge in [0.1, 0.15) is 5.92 Å². The van der Waals surface area contributed by atoms with Gasteiger partial charge in [-0.1, -0.05) is 12.5 Å². The number of ether oxygens (including phenoxy) is 3. The predicted octanol–water partition coefficient (Wildman–Crippen LogP) is 0.265. The molecule has 104 valence electrons. The van der Waals surface area contributed by atoms with Crippen LogP contribution < -0.4 is 0 Å². The molecule has 0 bridgehead atoms. The van der Waals surface area contributed by atoms with Crippen LogP contribution in [0.15, 0.2) is 0 Å². The Morgan fingerprint density at radius 2 is 1.83 bits per heavy atom. The summed E-state index contributed by atoms with van der Waals surface area (Å²) in [5.74, 6) is -1.95. The number of hydrogen-bond acceptors (Lipinski definition) is 5. The molecule has 18 heavy (non-hydrogen) atoms. The molecule has 0 aromatic carbocycles. The van der Waals surface area contributed by atoms with Crippen LogP contribution in [-0.4, -0.2) is 41.7 Å². The van der Waals surface area contributed by atoms with Crippen molar-refractivity contribution in [1.82, 2.24) is 0 Å². The molecule has 0 N–H and O–H groups in total. The summed E-state index contributed by atoms with van der Waals surface area (Å²) in [7, 11) is 1.10. The maximum atomic E-state index is 11.8. The second-order valence-electron chi connectivity index (χ2n) is 4.29. The molecule has 0 amide bonds. The highest BCUT2D eigenvalue weighted by atomic mass is 28.1. The van der Waals surface area contributed by atoms with Gasteiger partial charge >= 0.3 is 11.9 Å². The molecule has 0 radical (unpaired) electrons. The first-order chi connectivity index (χ1) is 8.65. The highest BCUT2D eigenvalue weighted by Crippen LogP contribution is 2.32. The lowest BCUT2D eigenvalue weighted by atomic mass is 9.90. The van der Waals surface area contributed by atoms with Gasteiger partial charge in [0, 0.05) is 23.5 Å². The standard InChI is InChI=1S/C12H22O5Si/c1-3-15-12(16-4-2)9-8(6-5-7-18)10(13)17-11(9)14/h8-9,12H,3-7H2,1-2,18H3. The van der Waals surface area contributed by atoms with Gasteiger partial charge in [-0.2, -0.15) is 0 Å². The van der Waals surface area contributed by atoms with Crippen LogP contribution in [0.3, 0.4) is 0 Å². The fraction of sp³-hybridized carbons (Fsp3) is 0.833. The Balaban J connectivity index is 2.78. The fourth-order valence-corrected chi connectivity index (χ4v) is 2.57. The average molecular weight is 274 g/mol. The highest BCUT2D eigenvalue weighted by molar-refractivity contribution is 6.08. The van der Waals surface area contributed by atoms with Gasteiger partial charge < -0.3 is 14.2 Å². The first-order valence-corrected chi connectivity index (χ1v) is 8.05. The molecule has 0 aromatic heterocycles. The van der Waals surface area contributed by atoms with Gasteiger partial charge in [0.05, 0.1) is 5.92 Å². The van der Waals surface area contributed by atoms with Crippen LogP contribution in [0.1, 0.15) is 26.7 Å². The van der Waals surface area contributed by atoms with Crippen molar-refractivity contribution in [3.63, 3.8) is 0 Å². The van der Waals surface area contributed by atoms with E-state index in [1.54, 1.807) is 0 Å². The van der Waals surface area contributed by atoms with E-state index in [0.717, 1.165) is 22.7 Å². The second kappa shape index (κ2) is 7.65. The van der Waals surface area contributed by atoms with E-state index >= 15 is 0 Å². The Hall–Kier alpha value is -0.723. The minimum atomic E-state index is -0.668. The normalized spacial score (nSPS) is 23.9. The Morgan fingerprint density at radius 3 is 2.33 bits per heavy atom. The van der Waals surface area contributed by atoms with Gasteiger partial charge in [0.25, 0.3) is 0 Å². The lowest BCUT2D eigenvalue weighted by Crippen LogP contribution is -2.35. The third-order valence-electron chi connectivity index (χ3n) is 3.03. The number of carbonyl (C=O) groups is 2. The van der Waals surface area contributed by atoms with E-state index < -0.39 is 30.1 Å². The van der Waals surface area contributed by atoms with Crippen molar-refractivity contribution in [2.75, 3.05) is 13.2 Å². The van der Waals surface area contributed by atoms with Crippen LogP contribution in [0.4, 0.5) is 0 Å². The summed E-state index contributed by atoms with van der Waals surface area (Å²) in [5.41, 5.74) is 0. The van der Waals surface area contributed by atoms with Crippen LogP contribution in [0.25, 0.3) is 0 Å². The summed E-state index contributed by atoms with van der Waals surface area (Å²) in [6.07, 6.45) is 0.953. The molecule has 1 rings (SSSR count). The quantitative estimate of drug-likeness (QED) is 0.275. The van der Waals surface area contributed by atoms with Crippen LogP contribution in [-0.2, 0) is 23.8 Å². The third-order valence-corrected chi connectivity index (χ3v) is 3.74. The van der Waals surface area contributed by atoms with Crippen molar-refractivity contribution in [2.24, 2.45) is 11.8 Å². The van der Waals surface area contributed by atoms with Crippen LogP contribution in [0.5, 0.6) is 0 Å². The maximum absolute atomic E-state index is 11.8. The molecule has 1 aliphatic heterocycles. The molecule has 1 aliphatic rings. The van der Waals surface area contributed by atoms with E-state index in [1.165, 1.54) is 0 Å². The lowest BCUT2D eigenvalue weighted by molar-refractivity contribution is -0.183. The molecule has 1 fully saturated rings. The van der Waals surface area contributed by atoms with Crippen molar-refractivity contribution < 1.29 is 23.8 Å². The number of rotatable bonds is 8. The fourth-order valence-electron chi connectivity index (χ4n) is 2.16. The lowest BCUT2D eigenvalue weighted by Gasteiger charge is -2.23. The van der Waals surface area contributed by atoms with Crippen molar-refractivity contribution in [3.8, 4) is 0 Å². The van der Waals surface area contributed by atoms with Gasteiger partial charge in [0.15, 0.2) is 6.29 Å². The zero-order valence-electron chi connectivity index (χ0n) is 11.3. The highest BCUT2D eigenvalue weighted by Gasteiger charge is 2.49. The minimum Gasteiger partial charge on any atom is -0.393 e. The Bertz CT molecular complexity index is 288. The summed E-state index contributed by atoms with van der Waals surface area (Å²) in [5, 5.41) is 0. The second-order valence-corrected chi connectivity index (χ2v) is 5.29. The molecule has 6 heteroatoms.